The van der Waals surface area contributed by atoms with Crippen molar-refractivity contribution in [3.63, 3.8) is 0 Å². The van der Waals surface area contributed by atoms with E-state index in [1.165, 1.54) is 22.7 Å². The second-order valence-corrected chi connectivity index (χ2v) is 8.22. The highest BCUT2D eigenvalue weighted by Gasteiger charge is 2.43. The standard InChI is InChI=1S/C21H22F2N2O3S/c1-13(2)11-28-20(26)18-12-29-19(14-6-4-3-5-7-14)25(18)21(27)24-15-8-9-16(22)17(23)10-15/h3-10,13,18-19H,11-12H2,1-2H3,(H,24,27). The summed E-state index contributed by atoms with van der Waals surface area (Å²) in [6.07, 6.45) is 0. The number of urea groups is 1. The van der Waals surface area contributed by atoms with E-state index in [2.05, 4.69) is 5.32 Å². The number of carbonyl (C=O) groups is 2. The number of benzene rings is 2. The number of halogens is 2. The maximum atomic E-state index is 13.5. The van der Waals surface area contributed by atoms with Gasteiger partial charge in [0.15, 0.2) is 11.6 Å². The molecule has 5 nitrogen and oxygen atoms in total. The number of esters is 1. The Labute approximate surface area is 172 Å². The van der Waals surface area contributed by atoms with Crippen LogP contribution in [0.15, 0.2) is 48.5 Å². The van der Waals surface area contributed by atoms with Gasteiger partial charge >= 0.3 is 12.0 Å². The van der Waals surface area contributed by atoms with E-state index in [1.807, 2.05) is 44.2 Å². The zero-order valence-electron chi connectivity index (χ0n) is 16.1. The van der Waals surface area contributed by atoms with Gasteiger partial charge in [0.1, 0.15) is 11.4 Å². The second-order valence-electron chi connectivity index (χ2n) is 7.10. The third-order valence-electron chi connectivity index (χ3n) is 4.32. The number of nitrogens with one attached hydrogen (secondary N) is 1. The van der Waals surface area contributed by atoms with Crippen LogP contribution in [0.25, 0.3) is 0 Å². The van der Waals surface area contributed by atoms with Gasteiger partial charge < -0.3 is 10.1 Å². The minimum absolute atomic E-state index is 0.104. The van der Waals surface area contributed by atoms with Crippen molar-refractivity contribution in [1.82, 2.24) is 4.90 Å². The fourth-order valence-electron chi connectivity index (χ4n) is 2.92. The number of rotatable bonds is 5. The number of thioether (sulfide) groups is 1. The molecule has 0 saturated carbocycles. The second kappa shape index (κ2) is 9.26. The number of anilines is 1. The van der Waals surface area contributed by atoms with Gasteiger partial charge in [0.25, 0.3) is 0 Å². The molecule has 1 aliphatic rings. The molecule has 1 saturated heterocycles. The molecule has 2 amide bonds. The van der Waals surface area contributed by atoms with Crippen molar-refractivity contribution in [1.29, 1.82) is 0 Å². The lowest BCUT2D eigenvalue weighted by Gasteiger charge is -2.29. The van der Waals surface area contributed by atoms with Crippen molar-refractivity contribution in [2.75, 3.05) is 17.7 Å². The van der Waals surface area contributed by atoms with E-state index >= 15 is 0 Å². The zero-order chi connectivity index (χ0) is 21.0. The van der Waals surface area contributed by atoms with Crippen LogP contribution in [0.2, 0.25) is 0 Å². The van der Waals surface area contributed by atoms with Gasteiger partial charge in [-0.3, -0.25) is 4.90 Å². The summed E-state index contributed by atoms with van der Waals surface area (Å²) in [5.41, 5.74) is 0.962. The maximum absolute atomic E-state index is 13.5. The first-order chi connectivity index (χ1) is 13.9. The average molecular weight is 420 g/mol. The molecule has 1 N–H and O–H groups in total. The first kappa shape index (κ1) is 21.1. The summed E-state index contributed by atoms with van der Waals surface area (Å²) >= 11 is 1.45. The molecule has 2 aromatic rings. The average Bonchev–Trinajstić information content (AvgIpc) is 3.15. The highest BCUT2D eigenvalue weighted by molar-refractivity contribution is 7.99. The molecule has 3 rings (SSSR count). The molecule has 29 heavy (non-hydrogen) atoms. The third kappa shape index (κ3) is 5.06. The molecule has 154 valence electrons. The maximum Gasteiger partial charge on any atom is 0.329 e. The van der Waals surface area contributed by atoms with Crippen LogP contribution in [0.5, 0.6) is 0 Å². The number of hydrogen-bond acceptors (Lipinski definition) is 4. The van der Waals surface area contributed by atoms with Crippen molar-refractivity contribution in [2.24, 2.45) is 5.92 Å². The first-order valence-corrected chi connectivity index (χ1v) is 10.3. The van der Waals surface area contributed by atoms with E-state index < -0.39 is 35.1 Å². The Bertz CT molecular complexity index is 879. The van der Waals surface area contributed by atoms with Crippen LogP contribution in [0.1, 0.15) is 24.8 Å². The predicted molar refractivity (Wildman–Crippen MR) is 108 cm³/mol. The van der Waals surface area contributed by atoms with Crippen LogP contribution in [-0.4, -0.2) is 35.3 Å². The minimum atomic E-state index is -1.06. The number of nitrogens with zero attached hydrogens (tertiary/aromatic N) is 1. The Hall–Kier alpha value is -2.61. The first-order valence-electron chi connectivity index (χ1n) is 9.24. The normalized spacial score (nSPS) is 18.7. The number of carbonyl (C=O) groups excluding carboxylic acids is 2. The van der Waals surface area contributed by atoms with Gasteiger partial charge in [0.2, 0.25) is 0 Å². The van der Waals surface area contributed by atoms with Gasteiger partial charge in [0.05, 0.1) is 6.61 Å². The van der Waals surface area contributed by atoms with E-state index in [0.717, 1.165) is 17.7 Å². The van der Waals surface area contributed by atoms with Gasteiger partial charge in [-0.25, -0.2) is 18.4 Å². The Morgan fingerprint density at radius 2 is 1.90 bits per heavy atom. The molecule has 0 spiro atoms. The van der Waals surface area contributed by atoms with E-state index in [0.29, 0.717) is 5.75 Å². The van der Waals surface area contributed by atoms with Gasteiger partial charge in [-0.05, 0) is 23.6 Å². The van der Waals surface area contributed by atoms with Gasteiger partial charge in [-0.1, -0.05) is 44.2 Å². The molecule has 1 heterocycles. The van der Waals surface area contributed by atoms with Crippen LogP contribution < -0.4 is 5.32 Å². The van der Waals surface area contributed by atoms with Crippen molar-refractivity contribution >= 4 is 29.4 Å². The molecule has 0 radical (unpaired) electrons. The highest BCUT2D eigenvalue weighted by Crippen LogP contribution is 2.42. The van der Waals surface area contributed by atoms with E-state index in [-0.39, 0.29) is 18.2 Å². The number of ether oxygens (including phenoxy) is 1. The van der Waals surface area contributed by atoms with Crippen LogP contribution >= 0.6 is 11.8 Å². The summed E-state index contributed by atoms with van der Waals surface area (Å²) in [4.78, 5) is 27.1. The smallest absolute Gasteiger partial charge is 0.329 e. The lowest BCUT2D eigenvalue weighted by atomic mass is 10.2. The Morgan fingerprint density at radius 1 is 1.17 bits per heavy atom. The molecular formula is C21H22F2N2O3S. The minimum Gasteiger partial charge on any atom is -0.464 e. The van der Waals surface area contributed by atoms with Crippen molar-refractivity contribution < 1.29 is 23.1 Å². The molecule has 0 aromatic heterocycles. The fourth-order valence-corrected chi connectivity index (χ4v) is 4.33. The monoisotopic (exact) mass is 420 g/mol. The molecule has 2 atom stereocenters. The van der Waals surface area contributed by atoms with Crippen LogP contribution in [0.3, 0.4) is 0 Å². The molecule has 0 aliphatic carbocycles. The number of amides is 2. The van der Waals surface area contributed by atoms with Gasteiger partial charge in [-0.15, -0.1) is 11.8 Å². The molecule has 2 aromatic carbocycles. The lowest BCUT2D eigenvalue weighted by Crippen LogP contribution is -2.46. The summed E-state index contributed by atoms with van der Waals surface area (Å²) in [7, 11) is 0. The summed E-state index contributed by atoms with van der Waals surface area (Å²) in [6.45, 7) is 4.11. The summed E-state index contributed by atoms with van der Waals surface area (Å²) in [5.74, 6) is -2.00. The van der Waals surface area contributed by atoms with Crippen molar-refractivity contribution in [2.45, 2.75) is 25.3 Å². The Kier molecular flexibility index (Phi) is 6.74. The molecule has 0 bridgehead atoms. The van der Waals surface area contributed by atoms with E-state index in [9.17, 15) is 18.4 Å². The van der Waals surface area contributed by atoms with E-state index in [4.69, 9.17) is 4.74 Å². The zero-order valence-corrected chi connectivity index (χ0v) is 16.9. The molecule has 1 aliphatic heterocycles. The summed E-state index contributed by atoms with van der Waals surface area (Å²) in [5, 5.41) is 2.16. The Morgan fingerprint density at radius 3 is 2.55 bits per heavy atom. The quantitative estimate of drug-likeness (QED) is 0.705. The third-order valence-corrected chi connectivity index (χ3v) is 5.64. The largest absolute Gasteiger partial charge is 0.464 e. The van der Waals surface area contributed by atoms with Crippen molar-refractivity contribution in [3.05, 3.63) is 65.7 Å². The number of hydrogen-bond donors (Lipinski definition) is 1. The lowest BCUT2D eigenvalue weighted by molar-refractivity contribution is -0.149. The summed E-state index contributed by atoms with van der Waals surface area (Å²) in [6, 6.07) is 11.1. The SMILES string of the molecule is CC(C)COC(=O)C1CSC(c2ccccc2)N1C(=O)Nc1ccc(F)c(F)c1. The van der Waals surface area contributed by atoms with Crippen LogP contribution in [0.4, 0.5) is 19.3 Å². The molecule has 8 heteroatoms. The van der Waals surface area contributed by atoms with Crippen molar-refractivity contribution in [3.8, 4) is 0 Å². The predicted octanol–water partition coefficient (Wildman–Crippen LogP) is 4.81. The van der Waals surface area contributed by atoms with Gasteiger partial charge in [-0.2, -0.15) is 0 Å². The molecule has 1 fully saturated rings. The van der Waals surface area contributed by atoms with Gasteiger partial charge in [0, 0.05) is 17.5 Å². The molecule has 2 unspecified atom stereocenters. The summed E-state index contributed by atoms with van der Waals surface area (Å²) < 4.78 is 32.0. The van der Waals surface area contributed by atoms with E-state index in [1.54, 1.807) is 0 Å². The Balaban J connectivity index is 1.84. The fraction of sp³-hybridized carbons (Fsp3) is 0.333. The van der Waals surface area contributed by atoms with Crippen LogP contribution in [0, 0.1) is 17.6 Å². The van der Waals surface area contributed by atoms with Crippen LogP contribution in [-0.2, 0) is 9.53 Å². The highest BCUT2D eigenvalue weighted by atomic mass is 32.2. The topological polar surface area (TPSA) is 58.6 Å². The molecular weight excluding hydrogens is 398 g/mol.